The van der Waals surface area contributed by atoms with Crippen LogP contribution >= 0.6 is 0 Å². The second kappa shape index (κ2) is 11.3. The first-order valence-corrected chi connectivity index (χ1v) is 13.6. The largest absolute Gasteiger partial charge is 0.345 e. The summed E-state index contributed by atoms with van der Waals surface area (Å²) in [4.78, 5) is 36.8. The Balaban J connectivity index is 1.47. The molecule has 1 saturated heterocycles. The molecule has 9 nitrogen and oxygen atoms in total. The summed E-state index contributed by atoms with van der Waals surface area (Å²) in [5.74, 6) is 0.0623. The van der Waals surface area contributed by atoms with E-state index in [9.17, 15) is 9.59 Å². The van der Waals surface area contributed by atoms with Crippen LogP contribution in [0.15, 0.2) is 41.2 Å². The number of likely N-dealkylation sites (tertiary alicyclic amines) is 1. The number of nitrogens with one attached hydrogen (secondary N) is 2. The van der Waals surface area contributed by atoms with Gasteiger partial charge in [-0.05, 0) is 69.8 Å². The molecule has 4 rings (SSSR count). The molecule has 0 radical (unpaired) electrons. The Labute approximate surface area is 230 Å². The predicted octanol–water partition coefficient (Wildman–Crippen LogP) is 5.26. The van der Waals surface area contributed by atoms with E-state index in [1.54, 1.807) is 12.4 Å². The fourth-order valence-corrected chi connectivity index (χ4v) is 4.91. The van der Waals surface area contributed by atoms with E-state index in [4.69, 9.17) is 4.52 Å². The quantitative estimate of drug-likeness (QED) is 0.445. The first-order valence-electron chi connectivity index (χ1n) is 13.6. The van der Waals surface area contributed by atoms with Gasteiger partial charge in [0, 0.05) is 29.3 Å². The Morgan fingerprint density at radius 3 is 2.54 bits per heavy atom. The van der Waals surface area contributed by atoms with Crippen LogP contribution in [-0.2, 0) is 16.8 Å². The molecule has 1 aliphatic heterocycles. The SMILES string of the molecule is Cc1cc(-c2ccncc2NC(=O)[C@H]2CCCCN2C(C)(C)C)ccc1CNC(=O)c1noc(C(C)(C)C)n1. The molecular weight excluding hydrogens is 492 g/mol. The highest BCUT2D eigenvalue weighted by Crippen LogP contribution is 2.31. The number of benzene rings is 1. The Morgan fingerprint density at radius 2 is 1.87 bits per heavy atom. The molecule has 208 valence electrons. The monoisotopic (exact) mass is 532 g/mol. The van der Waals surface area contributed by atoms with Crippen LogP contribution in [0, 0.1) is 6.92 Å². The normalized spacial score (nSPS) is 16.6. The summed E-state index contributed by atoms with van der Waals surface area (Å²) in [7, 11) is 0. The molecule has 0 unspecified atom stereocenters. The van der Waals surface area contributed by atoms with Gasteiger partial charge in [0.05, 0.1) is 17.9 Å². The number of pyridine rings is 1. The van der Waals surface area contributed by atoms with Crippen LogP contribution in [0.2, 0.25) is 0 Å². The van der Waals surface area contributed by atoms with Crippen molar-refractivity contribution in [1.82, 2.24) is 25.3 Å². The second-order valence-electron chi connectivity index (χ2n) is 12.3. The second-order valence-corrected chi connectivity index (χ2v) is 12.3. The number of piperidine rings is 1. The molecule has 0 saturated carbocycles. The standard InChI is InChI=1S/C30H40N6O3/c1-19-16-20(11-12-21(19)17-32-27(38)25-34-28(39-35-25)29(2,3)4)22-13-14-31-18-23(22)33-26(37)24-10-8-9-15-36(24)30(5,6)7/h11-14,16,18,24H,8-10,15,17H2,1-7H3,(H,32,38)(H,33,37)/t24-/m1/s1. The Kier molecular flexibility index (Phi) is 8.20. The number of carbonyl (C=O) groups excluding carboxylic acids is 2. The number of amides is 2. The number of aryl methyl sites for hydroxylation is 1. The molecule has 1 atom stereocenters. The average molecular weight is 533 g/mol. The van der Waals surface area contributed by atoms with E-state index < -0.39 is 0 Å². The van der Waals surface area contributed by atoms with E-state index >= 15 is 0 Å². The van der Waals surface area contributed by atoms with Gasteiger partial charge < -0.3 is 15.2 Å². The van der Waals surface area contributed by atoms with Crippen LogP contribution in [0.25, 0.3) is 11.1 Å². The number of aromatic nitrogens is 3. The summed E-state index contributed by atoms with van der Waals surface area (Å²) in [6.07, 6.45) is 6.44. The lowest BCUT2D eigenvalue weighted by Gasteiger charge is -2.43. The van der Waals surface area contributed by atoms with Gasteiger partial charge in [-0.15, -0.1) is 0 Å². The molecule has 39 heavy (non-hydrogen) atoms. The summed E-state index contributed by atoms with van der Waals surface area (Å²) in [6.45, 7) is 15.6. The van der Waals surface area contributed by atoms with Gasteiger partial charge in [0.2, 0.25) is 11.8 Å². The number of carbonyl (C=O) groups is 2. The minimum absolute atomic E-state index is 0.00557. The van der Waals surface area contributed by atoms with Gasteiger partial charge in [-0.1, -0.05) is 50.5 Å². The highest BCUT2D eigenvalue weighted by Gasteiger charge is 2.35. The number of hydrogen-bond donors (Lipinski definition) is 2. The summed E-state index contributed by atoms with van der Waals surface area (Å²) in [5.41, 5.74) is 4.12. The predicted molar refractivity (Wildman–Crippen MR) is 151 cm³/mol. The summed E-state index contributed by atoms with van der Waals surface area (Å²) < 4.78 is 5.23. The van der Waals surface area contributed by atoms with Crippen LogP contribution < -0.4 is 10.6 Å². The van der Waals surface area contributed by atoms with Gasteiger partial charge in [-0.3, -0.25) is 19.5 Å². The third-order valence-electron chi connectivity index (χ3n) is 7.11. The molecule has 1 aliphatic rings. The van der Waals surface area contributed by atoms with E-state index in [1.807, 2.05) is 45.9 Å². The summed E-state index contributed by atoms with van der Waals surface area (Å²) in [5, 5.41) is 9.85. The van der Waals surface area contributed by atoms with Crippen LogP contribution in [0.1, 0.15) is 88.4 Å². The minimum atomic E-state index is -0.385. The van der Waals surface area contributed by atoms with E-state index in [0.29, 0.717) is 18.1 Å². The maximum Gasteiger partial charge on any atom is 0.292 e. The Hall–Kier alpha value is -3.59. The van der Waals surface area contributed by atoms with Gasteiger partial charge in [-0.2, -0.15) is 4.98 Å². The average Bonchev–Trinajstić information content (AvgIpc) is 3.39. The van der Waals surface area contributed by atoms with Crippen molar-refractivity contribution in [2.75, 3.05) is 11.9 Å². The zero-order chi connectivity index (χ0) is 28.4. The lowest BCUT2D eigenvalue weighted by molar-refractivity contribution is -0.125. The van der Waals surface area contributed by atoms with Gasteiger partial charge in [-0.25, -0.2) is 0 Å². The fourth-order valence-electron chi connectivity index (χ4n) is 4.91. The van der Waals surface area contributed by atoms with E-state index in [1.165, 1.54) is 0 Å². The highest BCUT2D eigenvalue weighted by molar-refractivity contribution is 5.98. The number of hydrogen-bond acceptors (Lipinski definition) is 7. The van der Waals surface area contributed by atoms with Crippen LogP contribution in [0.5, 0.6) is 0 Å². The molecule has 2 N–H and O–H groups in total. The first-order chi connectivity index (χ1) is 18.3. The minimum Gasteiger partial charge on any atom is -0.345 e. The molecule has 0 bridgehead atoms. The molecule has 3 heterocycles. The molecule has 9 heteroatoms. The fraction of sp³-hybridized carbons (Fsp3) is 0.500. The summed E-state index contributed by atoms with van der Waals surface area (Å²) >= 11 is 0. The third-order valence-corrected chi connectivity index (χ3v) is 7.11. The molecule has 0 spiro atoms. The van der Waals surface area contributed by atoms with E-state index in [2.05, 4.69) is 57.5 Å². The van der Waals surface area contributed by atoms with Crippen LogP contribution in [0.4, 0.5) is 5.69 Å². The van der Waals surface area contributed by atoms with Crippen molar-refractivity contribution in [2.24, 2.45) is 0 Å². The molecule has 1 aromatic carbocycles. The lowest BCUT2D eigenvalue weighted by Crippen LogP contribution is -2.55. The van der Waals surface area contributed by atoms with Gasteiger partial charge in [0.25, 0.3) is 11.7 Å². The number of nitrogens with zero attached hydrogens (tertiary/aromatic N) is 4. The van der Waals surface area contributed by atoms with Crippen molar-refractivity contribution in [3.63, 3.8) is 0 Å². The van der Waals surface area contributed by atoms with E-state index in [0.717, 1.165) is 48.1 Å². The summed E-state index contributed by atoms with van der Waals surface area (Å²) in [6, 6.07) is 7.78. The lowest BCUT2D eigenvalue weighted by atomic mass is 9.94. The maximum absolute atomic E-state index is 13.4. The zero-order valence-electron chi connectivity index (χ0n) is 24.1. The molecule has 0 aliphatic carbocycles. The maximum atomic E-state index is 13.4. The molecule has 2 aromatic heterocycles. The van der Waals surface area contributed by atoms with Gasteiger partial charge in [0.15, 0.2) is 0 Å². The third kappa shape index (κ3) is 6.71. The molecule has 3 aromatic rings. The van der Waals surface area contributed by atoms with Crippen molar-refractivity contribution >= 4 is 17.5 Å². The molecule has 1 fully saturated rings. The number of rotatable bonds is 6. The topological polar surface area (TPSA) is 113 Å². The van der Waals surface area contributed by atoms with Crippen molar-refractivity contribution < 1.29 is 14.1 Å². The zero-order valence-corrected chi connectivity index (χ0v) is 24.1. The van der Waals surface area contributed by atoms with Gasteiger partial charge >= 0.3 is 0 Å². The highest BCUT2D eigenvalue weighted by atomic mass is 16.5. The van der Waals surface area contributed by atoms with Crippen molar-refractivity contribution in [3.8, 4) is 11.1 Å². The van der Waals surface area contributed by atoms with Crippen molar-refractivity contribution in [1.29, 1.82) is 0 Å². The van der Waals surface area contributed by atoms with Gasteiger partial charge in [0.1, 0.15) is 0 Å². The van der Waals surface area contributed by atoms with Crippen LogP contribution in [0.3, 0.4) is 0 Å². The Morgan fingerprint density at radius 1 is 1.10 bits per heavy atom. The van der Waals surface area contributed by atoms with Crippen molar-refractivity contribution in [3.05, 3.63) is 59.5 Å². The molecule has 2 amide bonds. The van der Waals surface area contributed by atoms with E-state index in [-0.39, 0.29) is 34.6 Å². The molecular formula is C30H40N6O3. The number of anilines is 1. The Bertz CT molecular complexity index is 1330. The van der Waals surface area contributed by atoms with Crippen molar-refractivity contribution in [2.45, 2.75) is 91.3 Å². The first kappa shape index (κ1) is 28.4. The van der Waals surface area contributed by atoms with Crippen LogP contribution in [-0.4, -0.2) is 50.0 Å². The smallest absolute Gasteiger partial charge is 0.292 e.